The van der Waals surface area contributed by atoms with Gasteiger partial charge in [-0.05, 0) is 11.6 Å². The number of nitrogens with one attached hydrogen (secondary N) is 2. The molecular weight excluding hydrogens is 237 g/mol. The molecule has 0 atom stereocenters. The summed E-state index contributed by atoms with van der Waals surface area (Å²) in [7, 11) is 1.55. The Balaban J connectivity index is 2.76. The lowest BCUT2D eigenvalue weighted by molar-refractivity contribution is 0.415. The molecule has 0 spiro atoms. The first kappa shape index (κ1) is 12.5. The summed E-state index contributed by atoms with van der Waals surface area (Å²) in [5.41, 5.74) is 3.38. The second-order valence-electron chi connectivity index (χ2n) is 2.89. The maximum Gasteiger partial charge on any atom is 0.138 e. The van der Waals surface area contributed by atoms with Crippen LogP contribution in [0, 0.1) is 0 Å². The SMILES string of the molecule is COc1cc(Cl)c(CNCNN)cc1Cl. The number of benzene rings is 1. The normalized spacial score (nSPS) is 10.4. The van der Waals surface area contributed by atoms with Gasteiger partial charge in [0.15, 0.2) is 0 Å². The van der Waals surface area contributed by atoms with Crippen molar-refractivity contribution in [2.24, 2.45) is 5.84 Å². The van der Waals surface area contributed by atoms with E-state index >= 15 is 0 Å². The van der Waals surface area contributed by atoms with E-state index in [1.807, 2.05) is 0 Å². The van der Waals surface area contributed by atoms with Gasteiger partial charge < -0.3 is 4.74 Å². The number of hydrogen-bond acceptors (Lipinski definition) is 4. The summed E-state index contributed by atoms with van der Waals surface area (Å²) >= 11 is 12.0. The number of ether oxygens (including phenoxy) is 1. The van der Waals surface area contributed by atoms with Crippen LogP contribution in [0.1, 0.15) is 5.56 Å². The molecule has 4 nitrogen and oxygen atoms in total. The third-order valence-corrected chi connectivity index (χ3v) is 2.51. The quantitative estimate of drug-likeness (QED) is 0.321. The lowest BCUT2D eigenvalue weighted by Gasteiger charge is -2.09. The summed E-state index contributed by atoms with van der Waals surface area (Å²) in [4.78, 5) is 0. The van der Waals surface area contributed by atoms with E-state index in [-0.39, 0.29) is 0 Å². The van der Waals surface area contributed by atoms with Gasteiger partial charge in [0, 0.05) is 17.6 Å². The van der Waals surface area contributed by atoms with Crippen molar-refractivity contribution in [2.45, 2.75) is 6.54 Å². The lowest BCUT2D eigenvalue weighted by atomic mass is 10.2. The van der Waals surface area contributed by atoms with Crippen LogP contribution < -0.4 is 21.3 Å². The molecule has 0 fully saturated rings. The van der Waals surface area contributed by atoms with Gasteiger partial charge in [-0.3, -0.25) is 11.2 Å². The van der Waals surface area contributed by atoms with E-state index in [0.29, 0.717) is 29.0 Å². The average Bonchev–Trinajstić information content (AvgIpc) is 2.23. The fourth-order valence-electron chi connectivity index (χ4n) is 1.13. The second-order valence-corrected chi connectivity index (χ2v) is 3.70. The topological polar surface area (TPSA) is 59.3 Å². The maximum absolute atomic E-state index is 6.03. The minimum Gasteiger partial charge on any atom is -0.495 e. The number of hydrazine groups is 1. The van der Waals surface area contributed by atoms with Crippen LogP contribution in [0.3, 0.4) is 0 Å². The predicted molar refractivity (Wildman–Crippen MR) is 62.0 cm³/mol. The summed E-state index contributed by atoms with van der Waals surface area (Å²) in [5, 5.41) is 4.19. The summed E-state index contributed by atoms with van der Waals surface area (Å²) in [6, 6.07) is 3.46. The van der Waals surface area contributed by atoms with E-state index < -0.39 is 0 Å². The largest absolute Gasteiger partial charge is 0.495 e. The first-order chi connectivity index (χ1) is 7.19. The molecule has 0 amide bonds. The van der Waals surface area contributed by atoms with Crippen LogP contribution >= 0.6 is 23.2 Å². The molecule has 15 heavy (non-hydrogen) atoms. The van der Waals surface area contributed by atoms with Crippen molar-refractivity contribution in [3.63, 3.8) is 0 Å². The third-order valence-electron chi connectivity index (χ3n) is 1.86. The molecule has 0 bridgehead atoms. The number of rotatable bonds is 5. The smallest absolute Gasteiger partial charge is 0.138 e. The van der Waals surface area contributed by atoms with E-state index in [0.717, 1.165) is 5.56 Å². The van der Waals surface area contributed by atoms with Gasteiger partial charge in [0.2, 0.25) is 0 Å². The van der Waals surface area contributed by atoms with Crippen LogP contribution in [-0.2, 0) is 6.54 Å². The highest BCUT2D eigenvalue weighted by Crippen LogP contribution is 2.30. The zero-order chi connectivity index (χ0) is 11.3. The number of nitrogens with two attached hydrogens (primary N) is 1. The van der Waals surface area contributed by atoms with Gasteiger partial charge >= 0.3 is 0 Å². The van der Waals surface area contributed by atoms with E-state index in [9.17, 15) is 0 Å². The Morgan fingerprint density at radius 3 is 2.67 bits per heavy atom. The second kappa shape index (κ2) is 6.15. The third kappa shape index (κ3) is 3.52. The molecular formula is C9H13Cl2N3O. The molecule has 0 unspecified atom stereocenters. The summed E-state index contributed by atoms with van der Waals surface area (Å²) in [6.45, 7) is 1.09. The van der Waals surface area contributed by atoms with Gasteiger partial charge in [0.25, 0.3) is 0 Å². The fraction of sp³-hybridized carbons (Fsp3) is 0.333. The van der Waals surface area contributed by atoms with Crippen molar-refractivity contribution >= 4 is 23.2 Å². The first-order valence-corrected chi connectivity index (χ1v) is 5.10. The first-order valence-electron chi connectivity index (χ1n) is 4.35. The van der Waals surface area contributed by atoms with Crippen LogP contribution in [0.2, 0.25) is 10.0 Å². The zero-order valence-corrected chi connectivity index (χ0v) is 9.82. The summed E-state index contributed by atoms with van der Waals surface area (Å²) in [5.74, 6) is 5.69. The average molecular weight is 250 g/mol. The van der Waals surface area contributed by atoms with Crippen LogP contribution in [-0.4, -0.2) is 13.8 Å². The monoisotopic (exact) mass is 249 g/mol. The van der Waals surface area contributed by atoms with E-state index in [2.05, 4.69) is 10.7 Å². The number of halogens is 2. The molecule has 84 valence electrons. The summed E-state index contributed by atoms with van der Waals surface area (Å²) in [6.07, 6.45) is 0. The molecule has 1 aromatic rings. The van der Waals surface area contributed by atoms with Crippen molar-refractivity contribution in [1.29, 1.82) is 0 Å². The Bertz CT molecular complexity index is 333. The molecule has 0 aliphatic rings. The standard InChI is InChI=1S/C9H13Cl2N3O/c1-15-9-3-7(10)6(2-8(9)11)4-13-5-14-12/h2-3,13-14H,4-5,12H2,1H3. The van der Waals surface area contributed by atoms with E-state index in [1.165, 1.54) is 0 Å². The van der Waals surface area contributed by atoms with Gasteiger partial charge in [-0.25, -0.2) is 5.43 Å². The predicted octanol–water partition coefficient (Wildman–Crippen LogP) is 1.51. The van der Waals surface area contributed by atoms with Crippen molar-refractivity contribution in [3.8, 4) is 5.75 Å². The van der Waals surface area contributed by atoms with Gasteiger partial charge in [0.05, 0.1) is 18.8 Å². The molecule has 4 N–H and O–H groups in total. The Morgan fingerprint density at radius 2 is 2.07 bits per heavy atom. The molecule has 1 rings (SSSR count). The maximum atomic E-state index is 6.03. The number of methoxy groups -OCH3 is 1. The van der Waals surface area contributed by atoms with E-state index in [4.69, 9.17) is 33.8 Å². The van der Waals surface area contributed by atoms with Gasteiger partial charge in [-0.15, -0.1) is 0 Å². The molecule has 6 heteroatoms. The number of hydrogen-bond donors (Lipinski definition) is 3. The molecule has 0 saturated carbocycles. The van der Waals surface area contributed by atoms with Crippen molar-refractivity contribution < 1.29 is 4.74 Å². The van der Waals surface area contributed by atoms with Gasteiger partial charge in [0.1, 0.15) is 5.75 Å². The molecule has 0 aromatic heterocycles. The molecule has 0 radical (unpaired) electrons. The molecule has 1 aromatic carbocycles. The van der Waals surface area contributed by atoms with Crippen molar-refractivity contribution in [1.82, 2.24) is 10.7 Å². The lowest BCUT2D eigenvalue weighted by Crippen LogP contribution is -2.33. The molecule has 0 saturated heterocycles. The van der Waals surface area contributed by atoms with Crippen LogP contribution in [0.15, 0.2) is 12.1 Å². The Kier molecular flexibility index (Phi) is 5.14. The highest BCUT2D eigenvalue weighted by atomic mass is 35.5. The minimum atomic E-state index is 0.500. The minimum absolute atomic E-state index is 0.500. The zero-order valence-electron chi connectivity index (χ0n) is 8.31. The molecule has 0 heterocycles. The highest BCUT2D eigenvalue weighted by molar-refractivity contribution is 6.34. The van der Waals surface area contributed by atoms with E-state index in [1.54, 1.807) is 19.2 Å². The Labute approximate surface area is 98.7 Å². The van der Waals surface area contributed by atoms with Crippen LogP contribution in [0.25, 0.3) is 0 Å². The molecule has 0 aliphatic heterocycles. The van der Waals surface area contributed by atoms with Crippen LogP contribution in [0.5, 0.6) is 5.75 Å². The van der Waals surface area contributed by atoms with Crippen molar-refractivity contribution in [3.05, 3.63) is 27.7 Å². The fourth-order valence-corrected chi connectivity index (χ4v) is 1.61. The Morgan fingerprint density at radius 1 is 1.33 bits per heavy atom. The Hall–Kier alpha value is -0.520. The highest BCUT2D eigenvalue weighted by Gasteiger charge is 2.06. The summed E-state index contributed by atoms with van der Waals surface area (Å²) < 4.78 is 5.04. The molecule has 0 aliphatic carbocycles. The van der Waals surface area contributed by atoms with Crippen LogP contribution in [0.4, 0.5) is 0 Å². The van der Waals surface area contributed by atoms with Gasteiger partial charge in [-0.1, -0.05) is 23.2 Å². The van der Waals surface area contributed by atoms with Gasteiger partial charge in [-0.2, -0.15) is 0 Å². The van der Waals surface area contributed by atoms with Crippen molar-refractivity contribution in [2.75, 3.05) is 13.8 Å².